The Hall–Kier alpha value is -4.27. The molecule has 0 radical (unpaired) electrons. The van der Waals surface area contributed by atoms with Crippen LogP contribution in [-0.2, 0) is 17.6 Å². The Balaban J connectivity index is 1.25. The van der Waals surface area contributed by atoms with Gasteiger partial charge in [0.15, 0.2) is 0 Å². The van der Waals surface area contributed by atoms with Crippen LogP contribution in [0.1, 0.15) is 40.3 Å². The number of aromatic nitrogens is 6. The number of benzene rings is 1. The molecule has 0 unspecified atom stereocenters. The molecule has 4 heterocycles. The molecule has 0 spiro atoms. The molecule has 164 valence electrons. The van der Waals surface area contributed by atoms with Gasteiger partial charge in [-0.2, -0.15) is 5.21 Å². The molecule has 0 bridgehead atoms. The summed E-state index contributed by atoms with van der Waals surface area (Å²) in [5.41, 5.74) is 5.66. The third-order valence-corrected chi connectivity index (χ3v) is 5.61. The van der Waals surface area contributed by atoms with Crippen molar-refractivity contribution in [1.82, 2.24) is 30.6 Å². The highest BCUT2D eigenvalue weighted by molar-refractivity contribution is 5.95. The molecule has 3 aromatic heterocycles. The lowest BCUT2D eigenvalue weighted by Crippen LogP contribution is -2.23. The lowest BCUT2D eigenvalue weighted by molar-refractivity contribution is -0.117. The summed E-state index contributed by atoms with van der Waals surface area (Å²) >= 11 is 0. The van der Waals surface area contributed by atoms with Crippen LogP contribution in [-0.4, -0.2) is 48.8 Å². The molecule has 1 saturated heterocycles. The van der Waals surface area contributed by atoms with Crippen LogP contribution in [0.15, 0.2) is 61.1 Å². The summed E-state index contributed by atoms with van der Waals surface area (Å²) in [6, 6.07) is 14.0. The summed E-state index contributed by atoms with van der Waals surface area (Å²) in [5.74, 6) is 0.0366. The maximum Gasteiger partial charge on any atom is 0.240 e. The second kappa shape index (κ2) is 9.07. The number of hydrogen-bond donors (Lipinski definition) is 1. The molecule has 1 amide bonds. The number of carbonyl (C=O) groups excluding carboxylic acids is 2. The fourth-order valence-corrected chi connectivity index (χ4v) is 3.94. The van der Waals surface area contributed by atoms with Gasteiger partial charge in [-0.25, -0.2) is 0 Å². The number of tetrazole rings is 1. The maximum absolute atomic E-state index is 12.2. The molecule has 1 aliphatic rings. The van der Waals surface area contributed by atoms with Gasteiger partial charge in [0.25, 0.3) is 0 Å². The number of hydrogen-bond acceptors (Lipinski definition) is 7. The van der Waals surface area contributed by atoms with Gasteiger partial charge in [0, 0.05) is 61.3 Å². The summed E-state index contributed by atoms with van der Waals surface area (Å²) in [6.45, 7) is 0.787. The van der Waals surface area contributed by atoms with E-state index in [4.69, 9.17) is 0 Å². The van der Waals surface area contributed by atoms with E-state index in [1.165, 1.54) is 0 Å². The summed E-state index contributed by atoms with van der Waals surface area (Å²) in [7, 11) is 0. The first-order valence-corrected chi connectivity index (χ1v) is 10.7. The molecule has 9 nitrogen and oxygen atoms in total. The van der Waals surface area contributed by atoms with Crippen LogP contribution in [0.2, 0.25) is 0 Å². The highest BCUT2D eigenvalue weighted by atomic mass is 16.2. The van der Waals surface area contributed by atoms with E-state index in [9.17, 15) is 9.59 Å². The van der Waals surface area contributed by atoms with E-state index in [1.807, 2.05) is 53.6 Å². The summed E-state index contributed by atoms with van der Waals surface area (Å²) in [5, 5.41) is 13.1. The summed E-state index contributed by atoms with van der Waals surface area (Å²) < 4.78 is 0. The van der Waals surface area contributed by atoms with Crippen LogP contribution in [0.5, 0.6) is 0 Å². The number of ketones is 1. The second-order valence-corrected chi connectivity index (χ2v) is 7.95. The molecule has 33 heavy (non-hydrogen) atoms. The minimum atomic E-state index is -0.217. The van der Waals surface area contributed by atoms with Gasteiger partial charge >= 0.3 is 0 Å². The van der Waals surface area contributed by atoms with Gasteiger partial charge in [0.2, 0.25) is 17.5 Å². The average Bonchev–Trinajstić information content (AvgIpc) is 3.52. The molecular weight excluding hydrogens is 418 g/mol. The Bertz CT molecular complexity index is 1270. The van der Waals surface area contributed by atoms with Crippen molar-refractivity contribution in [1.29, 1.82) is 0 Å². The number of amides is 1. The molecule has 1 aromatic carbocycles. The fourth-order valence-electron chi connectivity index (χ4n) is 3.94. The molecule has 9 heteroatoms. The highest BCUT2D eigenvalue weighted by Crippen LogP contribution is 2.26. The zero-order chi connectivity index (χ0) is 22.6. The molecule has 0 saturated carbocycles. The second-order valence-electron chi connectivity index (χ2n) is 7.95. The maximum atomic E-state index is 12.2. The molecule has 5 rings (SSSR count). The van der Waals surface area contributed by atoms with Crippen LogP contribution in [0.3, 0.4) is 0 Å². The number of pyridine rings is 2. The monoisotopic (exact) mass is 439 g/mol. The van der Waals surface area contributed by atoms with Crippen molar-refractivity contribution < 1.29 is 9.59 Å². The van der Waals surface area contributed by atoms with Gasteiger partial charge in [-0.05, 0) is 46.5 Å². The van der Waals surface area contributed by atoms with E-state index in [0.29, 0.717) is 12.8 Å². The van der Waals surface area contributed by atoms with Crippen LogP contribution in [0.4, 0.5) is 5.69 Å². The predicted octanol–water partition coefficient (Wildman–Crippen LogP) is 2.80. The minimum Gasteiger partial charge on any atom is -0.312 e. The van der Waals surface area contributed by atoms with Gasteiger partial charge in [-0.15, -0.1) is 10.2 Å². The van der Waals surface area contributed by atoms with E-state index in [2.05, 4.69) is 30.6 Å². The van der Waals surface area contributed by atoms with E-state index in [1.54, 1.807) is 12.4 Å². The first-order chi connectivity index (χ1) is 16.2. The number of carbonyl (C=O) groups is 2. The normalized spacial score (nSPS) is 13.5. The number of aromatic amines is 1. The van der Waals surface area contributed by atoms with Crippen molar-refractivity contribution in [2.24, 2.45) is 0 Å². The standard InChI is InChI=1S/C24H21N7O2/c32-22(24-27-29-30-28-24)12-17-10-16(13-25-14-17)11-20-6-3-19(15-26-20)18-4-7-21(8-5-18)31-9-1-2-23(31)33/h3-8,10,13-15H,1-2,9,11-12H2,(H,27,28,29,30). The molecule has 1 N–H and O–H groups in total. The van der Waals surface area contributed by atoms with Gasteiger partial charge in [-0.3, -0.25) is 19.6 Å². The topological polar surface area (TPSA) is 118 Å². The van der Waals surface area contributed by atoms with Crippen LogP contribution in [0.25, 0.3) is 11.1 Å². The van der Waals surface area contributed by atoms with E-state index in [0.717, 1.165) is 46.6 Å². The van der Waals surface area contributed by atoms with Crippen molar-refractivity contribution in [3.05, 3.63) is 83.7 Å². The zero-order valence-electron chi connectivity index (χ0n) is 17.8. The summed E-state index contributed by atoms with van der Waals surface area (Å²) in [4.78, 5) is 34.8. The Labute approximate surface area is 189 Å². The Kier molecular flexibility index (Phi) is 5.67. The highest BCUT2D eigenvalue weighted by Gasteiger charge is 2.21. The number of Topliss-reactive ketones (excluding diaryl/α,β-unsaturated/α-hetero) is 1. The lowest BCUT2D eigenvalue weighted by Gasteiger charge is -2.16. The number of H-pyrrole nitrogens is 1. The van der Waals surface area contributed by atoms with Gasteiger partial charge in [0.05, 0.1) is 0 Å². The number of anilines is 1. The SMILES string of the molecule is O=C(Cc1cncc(Cc2ccc(-c3ccc(N4CCCC4=O)cc3)cn2)c1)c1nn[nH]n1. The molecule has 0 atom stereocenters. The molecule has 4 aromatic rings. The van der Waals surface area contributed by atoms with Gasteiger partial charge < -0.3 is 4.90 Å². The largest absolute Gasteiger partial charge is 0.312 e. The predicted molar refractivity (Wildman–Crippen MR) is 121 cm³/mol. The molecular formula is C24H21N7O2. The van der Waals surface area contributed by atoms with E-state index >= 15 is 0 Å². The Morgan fingerprint density at radius 1 is 1.00 bits per heavy atom. The van der Waals surface area contributed by atoms with Crippen LogP contribution < -0.4 is 4.90 Å². The first-order valence-electron chi connectivity index (χ1n) is 10.7. The smallest absolute Gasteiger partial charge is 0.240 e. The number of rotatable bonds is 7. The molecule has 1 aliphatic heterocycles. The first kappa shape index (κ1) is 20.6. The van der Waals surface area contributed by atoms with Crippen LogP contribution in [0, 0.1) is 0 Å². The quantitative estimate of drug-likeness (QED) is 0.440. The molecule has 1 fully saturated rings. The lowest BCUT2D eigenvalue weighted by atomic mass is 10.0. The Morgan fingerprint density at radius 3 is 2.52 bits per heavy atom. The van der Waals surface area contributed by atoms with E-state index < -0.39 is 0 Å². The third-order valence-electron chi connectivity index (χ3n) is 5.61. The van der Waals surface area contributed by atoms with Gasteiger partial charge in [0.1, 0.15) is 0 Å². The fraction of sp³-hybridized carbons (Fsp3) is 0.208. The minimum absolute atomic E-state index is 0.0673. The van der Waals surface area contributed by atoms with Crippen molar-refractivity contribution in [2.45, 2.75) is 25.7 Å². The van der Waals surface area contributed by atoms with Gasteiger partial charge in [-0.1, -0.05) is 24.3 Å². The van der Waals surface area contributed by atoms with Crippen LogP contribution >= 0.6 is 0 Å². The number of nitrogens with one attached hydrogen (secondary N) is 1. The summed E-state index contributed by atoms with van der Waals surface area (Å²) in [6.07, 6.45) is 7.59. The average molecular weight is 439 g/mol. The van der Waals surface area contributed by atoms with E-state index in [-0.39, 0.29) is 23.9 Å². The van der Waals surface area contributed by atoms with Crippen molar-refractivity contribution in [3.63, 3.8) is 0 Å². The van der Waals surface area contributed by atoms with Crippen molar-refractivity contribution >= 4 is 17.4 Å². The number of nitrogens with zero attached hydrogens (tertiary/aromatic N) is 6. The van der Waals surface area contributed by atoms with Crippen molar-refractivity contribution in [2.75, 3.05) is 11.4 Å². The zero-order valence-corrected chi connectivity index (χ0v) is 17.8. The Morgan fingerprint density at radius 2 is 1.82 bits per heavy atom. The van der Waals surface area contributed by atoms with Crippen molar-refractivity contribution in [3.8, 4) is 11.1 Å². The molecule has 0 aliphatic carbocycles. The third kappa shape index (κ3) is 4.67.